The Bertz CT molecular complexity index is 1010. The Balaban J connectivity index is 1.65. The molecule has 0 unspecified atom stereocenters. The fourth-order valence-corrected chi connectivity index (χ4v) is 2.38. The van der Waals surface area contributed by atoms with E-state index in [1.165, 1.54) is 30.5 Å². The van der Waals surface area contributed by atoms with Gasteiger partial charge >= 0.3 is 5.91 Å². The number of carbonyl (C=O) groups is 1. The maximum atomic E-state index is 12.1. The largest absolute Gasteiger partial charge is 0.491 e. The number of fused-ring (bicyclic) bond motifs is 1. The van der Waals surface area contributed by atoms with Gasteiger partial charge in [-0.15, -0.1) is 0 Å². The second-order valence-corrected chi connectivity index (χ2v) is 6.02. The summed E-state index contributed by atoms with van der Waals surface area (Å²) in [6.45, 7) is 3.89. The van der Waals surface area contributed by atoms with E-state index in [4.69, 9.17) is 9.15 Å². The molecule has 8 nitrogen and oxygen atoms in total. The van der Waals surface area contributed by atoms with Crippen molar-refractivity contribution in [3.63, 3.8) is 0 Å². The molecular formula is C19H17N3O5. The van der Waals surface area contributed by atoms with Gasteiger partial charge in [-0.05, 0) is 55.8 Å². The zero-order chi connectivity index (χ0) is 19.4. The van der Waals surface area contributed by atoms with Gasteiger partial charge in [-0.1, -0.05) is 0 Å². The second-order valence-electron chi connectivity index (χ2n) is 6.02. The SMILES string of the molecule is CC(C)Oc1ccc(/C=N\NC(=O)c2cc3cc([N+](=O)[O-])ccc3o2)cc1. The third kappa shape index (κ3) is 4.49. The Kier molecular flexibility index (Phi) is 5.16. The van der Waals surface area contributed by atoms with Crippen molar-refractivity contribution in [2.24, 2.45) is 5.10 Å². The van der Waals surface area contributed by atoms with Crippen molar-refractivity contribution in [3.05, 3.63) is 70.0 Å². The Morgan fingerprint density at radius 2 is 1.96 bits per heavy atom. The highest BCUT2D eigenvalue weighted by Gasteiger charge is 2.14. The number of carbonyl (C=O) groups excluding carboxylic acids is 1. The van der Waals surface area contributed by atoms with Crippen LogP contribution in [0.3, 0.4) is 0 Å². The molecule has 0 aliphatic rings. The van der Waals surface area contributed by atoms with Crippen LogP contribution in [0.5, 0.6) is 5.75 Å². The molecule has 0 saturated carbocycles. The predicted octanol–water partition coefficient (Wildman–Crippen LogP) is 3.89. The van der Waals surface area contributed by atoms with Crippen LogP contribution in [-0.4, -0.2) is 23.1 Å². The molecule has 0 fully saturated rings. The number of non-ortho nitro benzene ring substituents is 1. The van der Waals surface area contributed by atoms with E-state index in [9.17, 15) is 14.9 Å². The van der Waals surface area contributed by atoms with E-state index in [2.05, 4.69) is 10.5 Å². The summed E-state index contributed by atoms with van der Waals surface area (Å²) in [5, 5.41) is 15.2. The summed E-state index contributed by atoms with van der Waals surface area (Å²) in [4.78, 5) is 22.4. The number of nitrogens with one attached hydrogen (secondary N) is 1. The second kappa shape index (κ2) is 7.69. The van der Waals surface area contributed by atoms with Crippen molar-refractivity contribution in [2.75, 3.05) is 0 Å². The topological polar surface area (TPSA) is 107 Å². The minimum absolute atomic E-state index is 0.0170. The molecule has 27 heavy (non-hydrogen) atoms. The highest BCUT2D eigenvalue weighted by atomic mass is 16.6. The summed E-state index contributed by atoms with van der Waals surface area (Å²) < 4.78 is 10.9. The molecule has 1 aromatic heterocycles. The summed E-state index contributed by atoms with van der Waals surface area (Å²) in [6, 6.07) is 12.8. The fraction of sp³-hybridized carbons (Fsp3) is 0.158. The molecule has 3 aromatic rings. The van der Waals surface area contributed by atoms with E-state index in [1.807, 2.05) is 38.1 Å². The molecule has 1 amide bonds. The third-order valence-corrected chi connectivity index (χ3v) is 3.57. The fourth-order valence-electron chi connectivity index (χ4n) is 2.38. The summed E-state index contributed by atoms with van der Waals surface area (Å²) in [5.74, 6) is 0.218. The molecule has 0 atom stereocenters. The lowest BCUT2D eigenvalue weighted by molar-refractivity contribution is -0.384. The van der Waals surface area contributed by atoms with Crippen LogP contribution in [-0.2, 0) is 0 Å². The first-order chi connectivity index (χ1) is 12.9. The maximum Gasteiger partial charge on any atom is 0.307 e. The smallest absolute Gasteiger partial charge is 0.307 e. The molecule has 0 spiro atoms. The van der Waals surface area contributed by atoms with Crippen molar-refractivity contribution in [2.45, 2.75) is 20.0 Å². The van der Waals surface area contributed by atoms with Gasteiger partial charge in [0.25, 0.3) is 5.69 Å². The number of hydrogen-bond donors (Lipinski definition) is 1. The Labute approximate surface area is 154 Å². The van der Waals surface area contributed by atoms with E-state index in [1.54, 1.807) is 0 Å². The first-order valence-electron chi connectivity index (χ1n) is 8.20. The number of furan rings is 1. The lowest BCUT2D eigenvalue weighted by Crippen LogP contribution is -2.16. The van der Waals surface area contributed by atoms with Gasteiger partial charge in [-0.2, -0.15) is 5.10 Å². The van der Waals surface area contributed by atoms with Crippen molar-refractivity contribution in [3.8, 4) is 5.75 Å². The average molecular weight is 367 g/mol. The molecule has 138 valence electrons. The Hall–Kier alpha value is -3.68. The van der Waals surface area contributed by atoms with Gasteiger partial charge in [-0.25, -0.2) is 5.43 Å². The van der Waals surface area contributed by atoms with Gasteiger partial charge in [0, 0.05) is 17.5 Å². The lowest BCUT2D eigenvalue weighted by atomic mass is 10.2. The number of nitrogens with zero attached hydrogens (tertiary/aromatic N) is 2. The van der Waals surface area contributed by atoms with Gasteiger partial charge in [0.15, 0.2) is 5.76 Å². The van der Waals surface area contributed by atoms with Crippen molar-refractivity contribution in [1.82, 2.24) is 5.43 Å². The first kappa shape index (κ1) is 18.1. The van der Waals surface area contributed by atoms with E-state index >= 15 is 0 Å². The minimum Gasteiger partial charge on any atom is -0.491 e. The standard InChI is InChI=1S/C19H17N3O5/c1-12(2)26-16-6-3-13(4-7-16)11-20-21-19(23)18-10-14-9-15(22(24)25)5-8-17(14)27-18/h3-12H,1-2H3,(H,21,23)/b20-11-. The van der Waals surface area contributed by atoms with Gasteiger partial charge in [0.05, 0.1) is 17.2 Å². The zero-order valence-corrected chi connectivity index (χ0v) is 14.7. The van der Waals surface area contributed by atoms with Crippen molar-refractivity contribution in [1.29, 1.82) is 0 Å². The van der Waals surface area contributed by atoms with Gasteiger partial charge < -0.3 is 9.15 Å². The van der Waals surface area contributed by atoms with E-state index < -0.39 is 10.8 Å². The van der Waals surface area contributed by atoms with E-state index in [-0.39, 0.29) is 17.6 Å². The van der Waals surface area contributed by atoms with Crippen LogP contribution < -0.4 is 10.2 Å². The number of amides is 1. The van der Waals surface area contributed by atoms with E-state index in [0.29, 0.717) is 11.0 Å². The normalized spacial score (nSPS) is 11.2. The number of rotatable bonds is 6. The number of nitro groups is 1. The number of ether oxygens (including phenoxy) is 1. The maximum absolute atomic E-state index is 12.1. The number of hydrazone groups is 1. The molecule has 3 rings (SSSR count). The summed E-state index contributed by atoms with van der Waals surface area (Å²) in [5.41, 5.74) is 3.46. The van der Waals surface area contributed by atoms with Crippen LogP contribution in [0.1, 0.15) is 30.0 Å². The molecule has 0 aliphatic heterocycles. The molecule has 0 radical (unpaired) electrons. The van der Waals surface area contributed by atoms with Crippen LogP contribution in [0.25, 0.3) is 11.0 Å². The highest BCUT2D eigenvalue weighted by molar-refractivity contribution is 5.97. The molecule has 0 saturated heterocycles. The van der Waals surface area contributed by atoms with Crippen LogP contribution in [0, 0.1) is 10.1 Å². The highest BCUT2D eigenvalue weighted by Crippen LogP contribution is 2.24. The van der Waals surface area contributed by atoms with Crippen LogP contribution >= 0.6 is 0 Å². The van der Waals surface area contributed by atoms with Gasteiger partial charge in [-0.3, -0.25) is 14.9 Å². The van der Waals surface area contributed by atoms with Crippen LogP contribution in [0.15, 0.2) is 58.0 Å². The minimum atomic E-state index is -0.551. The lowest BCUT2D eigenvalue weighted by Gasteiger charge is -2.08. The molecule has 2 aromatic carbocycles. The Morgan fingerprint density at radius 3 is 2.63 bits per heavy atom. The Morgan fingerprint density at radius 1 is 1.22 bits per heavy atom. The van der Waals surface area contributed by atoms with Crippen molar-refractivity contribution >= 4 is 28.8 Å². The zero-order valence-electron chi connectivity index (χ0n) is 14.7. The van der Waals surface area contributed by atoms with Crippen LogP contribution in [0.2, 0.25) is 0 Å². The first-order valence-corrected chi connectivity index (χ1v) is 8.20. The summed E-state index contributed by atoms with van der Waals surface area (Å²) >= 11 is 0. The van der Waals surface area contributed by atoms with E-state index in [0.717, 1.165) is 11.3 Å². The quantitative estimate of drug-likeness (QED) is 0.404. The molecule has 1 heterocycles. The molecule has 8 heteroatoms. The molecule has 0 bridgehead atoms. The van der Waals surface area contributed by atoms with Crippen molar-refractivity contribution < 1.29 is 18.9 Å². The van der Waals surface area contributed by atoms with Gasteiger partial charge in [0.1, 0.15) is 11.3 Å². The van der Waals surface area contributed by atoms with Crippen LogP contribution in [0.4, 0.5) is 5.69 Å². The predicted molar refractivity (Wildman–Crippen MR) is 100 cm³/mol. The molecular weight excluding hydrogens is 350 g/mol. The summed E-state index contributed by atoms with van der Waals surface area (Å²) in [7, 11) is 0. The molecule has 0 aliphatic carbocycles. The average Bonchev–Trinajstić information content (AvgIpc) is 3.06. The molecule has 1 N–H and O–H groups in total. The third-order valence-electron chi connectivity index (χ3n) is 3.57. The number of nitro benzene ring substituents is 1. The number of hydrogen-bond acceptors (Lipinski definition) is 6. The van der Waals surface area contributed by atoms with Gasteiger partial charge in [0.2, 0.25) is 0 Å². The number of benzene rings is 2. The summed E-state index contributed by atoms with van der Waals surface area (Å²) in [6.07, 6.45) is 1.58. The monoisotopic (exact) mass is 367 g/mol.